The van der Waals surface area contributed by atoms with Gasteiger partial charge >= 0.3 is 0 Å². The van der Waals surface area contributed by atoms with Gasteiger partial charge in [-0.3, -0.25) is 0 Å². The second kappa shape index (κ2) is 12.9. The predicted octanol–water partition coefficient (Wildman–Crippen LogP) is 16.1. The molecule has 1 aromatic heterocycles. The van der Waals surface area contributed by atoms with Gasteiger partial charge in [0.05, 0.1) is 11.1 Å². The van der Waals surface area contributed by atoms with Crippen molar-refractivity contribution in [3.63, 3.8) is 0 Å². The van der Waals surface area contributed by atoms with Gasteiger partial charge in [0, 0.05) is 27.6 Å². The van der Waals surface area contributed by atoms with Crippen LogP contribution < -0.4 is 4.90 Å². The van der Waals surface area contributed by atoms with Gasteiger partial charge in [0.2, 0.25) is 0 Å². The number of benzene rings is 8. The number of fused-ring (bicyclic) bond motifs is 9. The van der Waals surface area contributed by atoms with E-state index in [4.69, 9.17) is 4.42 Å². The van der Waals surface area contributed by atoms with Crippen LogP contribution in [0.5, 0.6) is 0 Å². The summed E-state index contributed by atoms with van der Waals surface area (Å²) in [7, 11) is 0. The molecule has 2 aliphatic rings. The summed E-state index contributed by atoms with van der Waals surface area (Å²) in [6.45, 7) is 13.9. The maximum absolute atomic E-state index is 7.13. The third-order valence-corrected chi connectivity index (χ3v) is 13.5. The van der Waals surface area contributed by atoms with E-state index in [1.54, 1.807) is 0 Å². The molecule has 0 amide bonds. The van der Waals surface area contributed by atoms with Crippen molar-refractivity contribution in [3.8, 4) is 44.5 Å². The molecule has 0 radical (unpaired) electrons. The lowest BCUT2D eigenvalue weighted by molar-refractivity contribution is 0.647. The molecule has 8 aromatic carbocycles. The Morgan fingerprint density at radius 3 is 1.73 bits per heavy atom. The van der Waals surface area contributed by atoms with Gasteiger partial charge in [0.1, 0.15) is 11.2 Å². The summed E-state index contributed by atoms with van der Waals surface area (Å²) in [5, 5.41) is 2.24. The molecule has 0 spiro atoms. The van der Waals surface area contributed by atoms with Crippen LogP contribution in [0.2, 0.25) is 0 Å². The van der Waals surface area contributed by atoms with E-state index >= 15 is 0 Å². The van der Waals surface area contributed by atoms with Gasteiger partial charge in [0.25, 0.3) is 0 Å². The van der Waals surface area contributed by atoms with Crippen LogP contribution in [-0.4, -0.2) is 0 Å². The lowest BCUT2D eigenvalue weighted by atomic mass is 9.82. The van der Waals surface area contributed by atoms with E-state index in [0.29, 0.717) is 5.92 Å². The highest BCUT2D eigenvalue weighted by Crippen LogP contribution is 2.55. The van der Waals surface area contributed by atoms with Gasteiger partial charge in [-0.05, 0) is 127 Å². The van der Waals surface area contributed by atoms with Gasteiger partial charge in [-0.25, -0.2) is 0 Å². The lowest BCUT2D eigenvalue weighted by Crippen LogP contribution is -2.14. The predicted molar refractivity (Wildman–Crippen MR) is 248 cm³/mol. The van der Waals surface area contributed by atoms with Gasteiger partial charge in [-0.1, -0.05) is 163 Å². The first-order valence-corrected chi connectivity index (χ1v) is 21.0. The average Bonchev–Trinajstić information content (AvgIpc) is 3.83. The van der Waals surface area contributed by atoms with Gasteiger partial charge in [-0.15, -0.1) is 0 Å². The third kappa shape index (κ3) is 5.32. The van der Waals surface area contributed by atoms with Gasteiger partial charge < -0.3 is 9.32 Å². The number of nitrogens with zero attached hydrogens (tertiary/aromatic N) is 1. The summed E-state index contributed by atoms with van der Waals surface area (Å²) >= 11 is 0. The zero-order chi connectivity index (χ0) is 40.2. The van der Waals surface area contributed by atoms with Crippen molar-refractivity contribution in [2.75, 3.05) is 4.90 Å². The van der Waals surface area contributed by atoms with Crippen molar-refractivity contribution in [3.05, 3.63) is 198 Å². The number of furan rings is 1. The van der Waals surface area contributed by atoms with Gasteiger partial charge in [-0.2, -0.15) is 0 Å². The van der Waals surface area contributed by atoms with Crippen LogP contribution in [0.4, 0.5) is 17.1 Å². The molecule has 0 saturated heterocycles. The molecule has 59 heavy (non-hydrogen) atoms. The van der Waals surface area contributed by atoms with Crippen molar-refractivity contribution in [1.29, 1.82) is 0 Å². The van der Waals surface area contributed by atoms with Crippen molar-refractivity contribution in [2.24, 2.45) is 0 Å². The summed E-state index contributed by atoms with van der Waals surface area (Å²) in [6, 6.07) is 63.0. The first kappa shape index (κ1) is 35.5. The van der Waals surface area contributed by atoms with Crippen LogP contribution in [0.25, 0.3) is 66.4 Å². The summed E-state index contributed by atoms with van der Waals surface area (Å²) in [5.74, 6) is 0.428. The molecule has 0 N–H and O–H groups in total. The lowest BCUT2D eigenvalue weighted by Gasteiger charge is -2.28. The molecule has 2 aliphatic carbocycles. The molecule has 0 aliphatic heterocycles. The molecule has 2 heteroatoms. The fourth-order valence-corrected chi connectivity index (χ4v) is 10.3. The average molecular weight is 762 g/mol. The van der Waals surface area contributed by atoms with Crippen molar-refractivity contribution >= 4 is 39.0 Å². The summed E-state index contributed by atoms with van der Waals surface area (Å²) in [5.41, 5.74) is 21.5. The highest BCUT2D eigenvalue weighted by Gasteiger charge is 2.38. The minimum absolute atomic E-state index is 0.109. The second-order valence-corrected chi connectivity index (χ2v) is 17.9. The fraction of sp³-hybridized carbons (Fsp3) is 0.158. The number of hydrogen-bond acceptors (Lipinski definition) is 2. The van der Waals surface area contributed by atoms with Crippen LogP contribution >= 0.6 is 0 Å². The Labute approximate surface area is 347 Å². The largest absolute Gasteiger partial charge is 0.456 e. The highest BCUT2D eigenvalue weighted by atomic mass is 16.3. The van der Waals surface area contributed by atoms with Crippen molar-refractivity contribution in [2.45, 2.75) is 58.3 Å². The number of hydrogen-bond donors (Lipinski definition) is 0. The van der Waals surface area contributed by atoms with E-state index in [-0.39, 0.29) is 10.8 Å². The van der Waals surface area contributed by atoms with E-state index in [1.807, 2.05) is 0 Å². The van der Waals surface area contributed by atoms with Crippen LogP contribution in [0, 0.1) is 0 Å². The van der Waals surface area contributed by atoms with Crippen LogP contribution in [0.3, 0.4) is 0 Å². The molecule has 0 bridgehead atoms. The Morgan fingerprint density at radius 1 is 0.441 bits per heavy atom. The van der Waals surface area contributed by atoms with Crippen molar-refractivity contribution < 1.29 is 4.42 Å². The second-order valence-electron chi connectivity index (χ2n) is 17.9. The molecule has 286 valence electrons. The van der Waals surface area contributed by atoms with E-state index < -0.39 is 0 Å². The fourth-order valence-electron chi connectivity index (χ4n) is 10.3. The van der Waals surface area contributed by atoms with Crippen LogP contribution in [0.15, 0.2) is 174 Å². The van der Waals surface area contributed by atoms with Crippen LogP contribution in [0.1, 0.15) is 75.3 Å². The Balaban J connectivity index is 1.22. The molecule has 2 nitrogen and oxygen atoms in total. The molecular weight excluding hydrogens is 715 g/mol. The van der Waals surface area contributed by atoms with Gasteiger partial charge in [0.15, 0.2) is 0 Å². The molecular formula is C57H47NO. The molecule has 9 aromatic rings. The molecule has 0 fully saturated rings. The Hall–Kier alpha value is -6.64. The Morgan fingerprint density at radius 2 is 1.02 bits per heavy atom. The summed E-state index contributed by atoms with van der Waals surface area (Å²) < 4.78 is 7.13. The van der Waals surface area contributed by atoms with E-state index in [2.05, 4.69) is 216 Å². The Bertz CT molecular complexity index is 3110. The zero-order valence-corrected chi connectivity index (χ0v) is 34.6. The molecule has 11 rings (SSSR count). The van der Waals surface area contributed by atoms with E-state index in [0.717, 1.165) is 44.6 Å². The first-order valence-electron chi connectivity index (χ1n) is 21.0. The third-order valence-electron chi connectivity index (χ3n) is 13.5. The Kier molecular flexibility index (Phi) is 7.79. The van der Waals surface area contributed by atoms with Crippen LogP contribution in [-0.2, 0) is 10.8 Å². The highest BCUT2D eigenvalue weighted by molar-refractivity contribution is 6.16. The van der Waals surface area contributed by atoms with E-state index in [1.165, 1.54) is 66.8 Å². The standard InChI is InChI=1S/C57H47NO/c1-35(2)36-23-27-40(28-24-36)58(41-29-25-38(26-30-41)37-15-8-7-9-16-37)51-31-39(42-19-14-22-49-54(42)44-18-11-13-21-48(44)56(49,3)4)32-53-55(51)46-33-45-43-17-10-12-20-47(43)57(5,6)50(45)34-52(46)59-53/h7-35H,1-6H3. The molecule has 0 unspecified atom stereocenters. The number of anilines is 3. The first-order chi connectivity index (χ1) is 28.6. The monoisotopic (exact) mass is 761 g/mol. The molecule has 0 atom stereocenters. The quantitative estimate of drug-likeness (QED) is 0.168. The minimum Gasteiger partial charge on any atom is -0.456 e. The summed E-state index contributed by atoms with van der Waals surface area (Å²) in [6.07, 6.45) is 0. The molecule has 1 heterocycles. The van der Waals surface area contributed by atoms with E-state index in [9.17, 15) is 0 Å². The summed E-state index contributed by atoms with van der Waals surface area (Å²) in [4.78, 5) is 2.45. The number of rotatable bonds is 6. The topological polar surface area (TPSA) is 16.4 Å². The SMILES string of the molecule is CC(C)c1ccc(N(c2ccc(-c3ccccc3)cc2)c2cc(-c3cccc4c3-c3ccccc3C4(C)C)cc3oc4cc5c(cc4c23)-c2ccccc2C5(C)C)cc1. The maximum atomic E-state index is 7.13. The maximum Gasteiger partial charge on any atom is 0.138 e. The minimum atomic E-state index is -0.136. The smallest absolute Gasteiger partial charge is 0.138 e. The zero-order valence-electron chi connectivity index (χ0n) is 34.6. The molecule has 0 saturated carbocycles. The van der Waals surface area contributed by atoms with Crippen molar-refractivity contribution in [1.82, 2.24) is 0 Å². The normalized spacial score (nSPS) is 14.4.